The maximum absolute atomic E-state index is 12.8. The Morgan fingerprint density at radius 2 is 1.59 bits per heavy atom. The van der Waals surface area contributed by atoms with E-state index in [0.29, 0.717) is 37.6 Å². The molecule has 0 heterocycles. The van der Waals surface area contributed by atoms with E-state index in [2.05, 4.69) is 0 Å². The Balaban J connectivity index is 2.00. The van der Waals surface area contributed by atoms with Crippen LogP contribution in [-0.2, 0) is 22.6 Å². The van der Waals surface area contributed by atoms with Gasteiger partial charge in [-0.25, -0.2) is 0 Å². The lowest BCUT2D eigenvalue weighted by molar-refractivity contribution is -0.139. The Morgan fingerprint density at radius 1 is 0.897 bits per heavy atom. The smallest absolute Gasteiger partial charge is 0.242 e. The number of hydrogen-bond donors (Lipinski definition) is 0. The van der Waals surface area contributed by atoms with Gasteiger partial charge in [0.2, 0.25) is 11.8 Å². The van der Waals surface area contributed by atoms with Crippen LogP contribution in [0, 0.1) is 0 Å². The zero-order chi connectivity index (χ0) is 21.2. The first kappa shape index (κ1) is 22.3. The number of amides is 2. The third-order valence-electron chi connectivity index (χ3n) is 4.84. The zero-order valence-electron chi connectivity index (χ0n) is 17.7. The monoisotopic (exact) mass is 398 g/mol. The maximum Gasteiger partial charge on any atom is 0.242 e. The molecule has 0 bridgehead atoms. The van der Waals surface area contributed by atoms with Gasteiger partial charge < -0.3 is 19.3 Å². The molecule has 2 aromatic carbocycles. The van der Waals surface area contributed by atoms with Crippen molar-refractivity contribution in [2.45, 2.75) is 26.8 Å². The third kappa shape index (κ3) is 6.52. The minimum atomic E-state index is -0.116. The van der Waals surface area contributed by atoms with Crippen molar-refractivity contribution in [3.8, 4) is 11.5 Å². The zero-order valence-corrected chi connectivity index (χ0v) is 17.7. The molecule has 0 saturated carbocycles. The molecule has 29 heavy (non-hydrogen) atoms. The predicted octanol–water partition coefficient (Wildman–Crippen LogP) is 3.14. The fourth-order valence-electron chi connectivity index (χ4n) is 3.09. The summed E-state index contributed by atoms with van der Waals surface area (Å²) in [6.07, 6.45) is 0.623. The van der Waals surface area contributed by atoms with Crippen molar-refractivity contribution in [2.75, 3.05) is 33.9 Å². The van der Waals surface area contributed by atoms with E-state index in [-0.39, 0.29) is 18.4 Å². The first-order valence-corrected chi connectivity index (χ1v) is 9.76. The van der Waals surface area contributed by atoms with Crippen LogP contribution in [0.4, 0.5) is 0 Å². The van der Waals surface area contributed by atoms with E-state index in [1.54, 1.807) is 24.0 Å². The second-order valence-electron chi connectivity index (χ2n) is 6.77. The van der Waals surface area contributed by atoms with Crippen molar-refractivity contribution in [3.63, 3.8) is 0 Å². The molecule has 0 spiro atoms. The van der Waals surface area contributed by atoms with Crippen LogP contribution in [0.15, 0.2) is 48.5 Å². The molecule has 0 atom stereocenters. The molecule has 6 nitrogen and oxygen atoms in total. The number of carbonyl (C=O) groups is 2. The first-order valence-electron chi connectivity index (χ1n) is 9.76. The Labute approximate surface area is 173 Å². The largest absolute Gasteiger partial charge is 0.493 e. The van der Waals surface area contributed by atoms with Gasteiger partial charge in [-0.1, -0.05) is 36.4 Å². The average molecular weight is 399 g/mol. The van der Waals surface area contributed by atoms with E-state index in [1.165, 1.54) is 6.92 Å². The Hall–Kier alpha value is -3.02. The Bertz CT molecular complexity index is 808. The number of ether oxygens (including phenoxy) is 2. The van der Waals surface area contributed by atoms with Crippen LogP contribution in [0.25, 0.3) is 0 Å². The highest BCUT2D eigenvalue weighted by Gasteiger charge is 2.18. The molecule has 6 heteroatoms. The summed E-state index contributed by atoms with van der Waals surface area (Å²) >= 11 is 0. The molecule has 0 unspecified atom stereocenters. The summed E-state index contributed by atoms with van der Waals surface area (Å²) in [6.45, 7) is 5.10. The van der Waals surface area contributed by atoms with E-state index >= 15 is 0 Å². The lowest BCUT2D eigenvalue weighted by atomic mass is 10.1. The Morgan fingerprint density at radius 3 is 2.17 bits per heavy atom. The molecule has 156 valence electrons. The van der Waals surface area contributed by atoms with Crippen molar-refractivity contribution in [3.05, 3.63) is 59.7 Å². The summed E-state index contributed by atoms with van der Waals surface area (Å²) in [6, 6.07) is 15.5. The molecule has 2 rings (SSSR count). The predicted molar refractivity (Wildman–Crippen MR) is 113 cm³/mol. The molecule has 0 aliphatic heterocycles. The van der Waals surface area contributed by atoms with Gasteiger partial charge in [-0.15, -0.1) is 0 Å². The van der Waals surface area contributed by atoms with Gasteiger partial charge in [-0.2, -0.15) is 0 Å². The second-order valence-corrected chi connectivity index (χ2v) is 6.77. The van der Waals surface area contributed by atoms with Gasteiger partial charge >= 0.3 is 0 Å². The molecular formula is C23H30N2O4. The lowest BCUT2D eigenvalue weighted by Gasteiger charge is -2.26. The first-order chi connectivity index (χ1) is 14.0. The van der Waals surface area contributed by atoms with Crippen LogP contribution in [0.5, 0.6) is 11.5 Å². The fourth-order valence-corrected chi connectivity index (χ4v) is 3.09. The van der Waals surface area contributed by atoms with Gasteiger partial charge in [0.1, 0.15) is 0 Å². The number of rotatable bonds is 10. The summed E-state index contributed by atoms with van der Waals surface area (Å²) in [5.74, 6) is 1.14. The molecule has 0 radical (unpaired) electrons. The van der Waals surface area contributed by atoms with Gasteiger partial charge in [0.15, 0.2) is 11.5 Å². The highest BCUT2D eigenvalue weighted by molar-refractivity contribution is 5.83. The normalized spacial score (nSPS) is 10.3. The average Bonchev–Trinajstić information content (AvgIpc) is 2.74. The molecule has 0 aromatic heterocycles. The van der Waals surface area contributed by atoms with Crippen molar-refractivity contribution in [2.24, 2.45) is 0 Å². The quantitative estimate of drug-likeness (QED) is 0.617. The SMILES string of the molecule is CCN(Cc1ccccc1)C(=O)CN(CCc1ccc(OC)c(OC)c1)C(C)=O. The maximum atomic E-state index is 12.8. The summed E-state index contributed by atoms with van der Waals surface area (Å²) < 4.78 is 10.6. The van der Waals surface area contributed by atoms with Gasteiger partial charge in [0.25, 0.3) is 0 Å². The summed E-state index contributed by atoms with van der Waals surface area (Å²) in [4.78, 5) is 28.2. The molecule has 0 saturated heterocycles. The standard InChI is InChI=1S/C23H30N2O4/c1-5-24(16-20-9-7-6-8-10-20)23(27)17-25(18(2)26)14-13-19-11-12-21(28-3)22(15-19)29-4/h6-12,15H,5,13-14,16-17H2,1-4H3. The fraction of sp³-hybridized carbons (Fsp3) is 0.391. The van der Waals surface area contributed by atoms with Crippen LogP contribution < -0.4 is 9.47 Å². The van der Waals surface area contributed by atoms with E-state index in [0.717, 1.165) is 11.1 Å². The molecule has 2 amide bonds. The van der Waals surface area contributed by atoms with Crippen LogP contribution in [-0.4, -0.2) is 55.5 Å². The molecule has 0 aliphatic rings. The minimum Gasteiger partial charge on any atom is -0.493 e. The number of benzene rings is 2. The molecule has 2 aromatic rings. The Kier molecular flexibility index (Phi) is 8.52. The third-order valence-corrected chi connectivity index (χ3v) is 4.84. The van der Waals surface area contributed by atoms with Crippen LogP contribution in [0.3, 0.4) is 0 Å². The van der Waals surface area contributed by atoms with E-state index in [4.69, 9.17) is 9.47 Å². The van der Waals surface area contributed by atoms with Gasteiger partial charge in [-0.05, 0) is 36.6 Å². The van der Waals surface area contributed by atoms with Crippen LogP contribution >= 0.6 is 0 Å². The van der Waals surface area contributed by atoms with Crippen molar-refractivity contribution in [1.29, 1.82) is 0 Å². The topological polar surface area (TPSA) is 59.1 Å². The van der Waals surface area contributed by atoms with Gasteiger partial charge in [0, 0.05) is 26.6 Å². The number of likely N-dealkylation sites (N-methyl/N-ethyl adjacent to an activating group) is 1. The highest BCUT2D eigenvalue weighted by atomic mass is 16.5. The highest BCUT2D eigenvalue weighted by Crippen LogP contribution is 2.27. The van der Waals surface area contributed by atoms with Crippen LogP contribution in [0.1, 0.15) is 25.0 Å². The lowest BCUT2D eigenvalue weighted by Crippen LogP contribution is -2.42. The van der Waals surface area contributed by atoms with Crippen molar-refractivity contribution in [1.82, 2.24) is 9.80 Å². The molecule has 0 fully saturated rings. The minimum absolute atomic E-state index is 0.0566. The number of hydrogen-bond acceptors (Lipinski definition) is 4. The van der Waals surface area contributed by atoms with Crippen molar-refractivity contribution >= 4 is 11.8 Å². The summed E-state index contributed by atoms with van der Waals surface area (Å²) in [5, 5.41) is 0. The molecule has 0 N–H and O–H groups in total. The number of nitrogens with zero attached hydrogens (tertiary/aromatic N) is 2. The van der Waals surface area contributed by atoms with Gasteiger partial charge in [0.05, 0.1) is 20.8 Å². The molecular weight excluding hydrogens is 368 g/mol. The second kappa shape index (κ2) is 11.1. The summed E-state index contributed by atoms with van der Waals surface area (Å²) in [5.41, 5.74) is 2.08. The van der Waals surface area contributed by atoms with E-state index in [9.17, 15) is 9.59 Å². The number of carbonyl (C=O) groups excluding carboxylic acids is 2. The van der Waals surface area contributed by atoms with E-state index in [1.807, 2.05) is 55.5 Å². The van der Waals surface area contributed by atoms with E-state index < -0.39 is 0 Å². The van der Waals surface area contributed by atoms with Crippen LogP contribution in [0.2, 0.25) is 0 Å². The van der Waals surface area contributed by atoms with Crippen molar-refractivity contribution < 1.29 is 19.1 Å². The molecule has 0 aliphatic carbocycles. The number of methoxy groups -OCH3 is 2. The summed E-state index contributed by atoms with van der Waals surface area (Å²) in [7, 11) is 3.18. The van der Waals surface area contributed by atoms with Gasteiger partial charge in [-0.3, -0.25) is 9.59 Å².